The lowest BCUT2D eigenvalue weighted by Crippen LogP contribution is -2.11. The Morgan fingerprint density at radius 3 is 2.43 bits per heavy atom. The van der Waals surface area contributed by atoms with Crippen LogP contribution in [0, 0.1) is 0 Å². The maximum absolute atomic E-state index is 11.0. The van der Waals surface area contributed by atoms with E-state index in [9.17, 15) is 4.79 Å². The van der Waals surface area contributed by atoms with Crippen LogP contribution in [0.2, 0.25) is 0 Å². The molecule has 0 aliphatic rings. The summed E-state index contributed by atoms with van der Waals surface area (Å²) in [6.45, 7) is 4.65. The molecule has 0 aromatic heterocycles. The molecular weight excluding hydrogens is 264 g/mol. The third-order valence-corrected chi connectivity index (χ3v) is 2.97. The van der Waals surface area contributed by atoms with E-state index in [-0.39, 0.29) is 6.10 Å². The first-order valence-corrected chi connectivity index (χ1v) is 6.94. The molecule has 0 aliphatic carbocycles. The van der Waals surface area contributed by atoms with E-state index < -0.39 is 5.91 Å². The molecule has 3 N–H and O–H groups in total. The Hall–Kier alpha value is -2.49. The highest BCUT2D eigenvalue weighted by molar-refractivity contribution is 5.92. The van der Waals surface area contributed by atoms with Crippen LogP contribution in [0.5, 0.6) is 5.75 Å². The number of benzene rings is 2. The molecule has 0 radical (unpaired) electrons. The maximum atomic E-state index is 11.0. The molecule has 0 unspecified atom stereocenters. The van der Waals surface area contributed by atoms with Crippen LogP contribution in [0.25, 0.3) is 0 Å². The van der Waals surface area contributed by atoms with Gasteiger partial charge in [-0.3, -0.25) is 4.79 Å². The van der Waals surface area contributed by atoms with E-state index in [0.29, 0.717) is 12.1 Å². The average molecular weight is 284 g/mol. The third-order valence-electron chi connectivity index (χ3n) is 2.97. The summed E-state index contributed by atoms with van der Waals surface area (Å²) in [5.41, 5.74) is 7.76. The quantitative estimate of drug-likeness (QED) is 0.856. The lowest BCUT2D eigenvalue weighted by Gasteiger charge is -2.15. The maximum Gasteiger partial charge on any atom is 0.248 e. The zero-order valence-electron chi connectivity index (χ0n) is 12.3. The van der Waals surface area contributed by atoms with Crippen molar-refractivity contribution >= 4 is 11.6 Å². The third kappa shape index (κ3) is 4.24. The highest BCUT2D eigenvalue weighted by Crippen LogP contribution is 2.25. The lowest BCUT2D eigenvalue weighted by atomic mass is 10.1. The fourth-order valence-corrected chi connectivity index (χ4v) is 1.95. The van der Waals surface area contributed by atoms with Gasteiger partial charge in [0.1, 0.15) is 5.75 Å². The van der Waals surface area contributed by atoms with Crippen LogP contribution in [0.4, 0.5) is 5.69 Å². The van der Waals surface area contributed by atoms with Crippen molar-refractivity contribution in [2.24, 2.45) is 5.73 Å². The Morgan fingerprint density at radius 1 is 1.14 bits per heavy atom. The Labute approximate surface area is 124 Å². The summed E-state index contributed by atoms with van der Waals surface area (Å²) in [6, 6.07) is 15.1. The van der Waals surface area contributed by atoms with E-state index in [1.165, 1.54) is 0 Å². The fraction of sp³-hybridized carbons (Fsp3) is 0.235. The van der Waals surface area contributed by atoms with Gasteiger partial charge in [-0.05, 0) is 43.7 Å². The molecule has 0 aliphatic heterocycles. The van der Waals surface area contributed by atoms with Crippen molar-refractivity contribution in [2.45, 2.75) is 26.5 Å². The van der Waals surface area contributed by atoms with Crippen LogP contribution in [0.3, 0.4) is 0 Å². The summed E-state index contributed by atoms with van der Waals surface area (Å²) >= 11 is 0. The van der Waals surface area contributed by atoms with Crippen LogP contribution in [0.15, 0.2) is 48.5 Å². The molecule has 110 valence electrons. The Bertz CT molecular complexity index is 606. The Balaban J connectivity index is 2.04. The van der Waals surface area contributed by atoms with Crippen LogP contribution in [0.1, 0.15) is 29.8 Å². The first kappa shape index (κ1) is 14.9. The second-order valence-corrected chi connectivity index (χ2v) is 5.08. The van der Waals surface area contributed by atoms with Crippen molar-refractivity contribution in [3.05, 3.63) is 59.7 Å². The number of nitrogens with one attached hydrogen (secondary N) is 1. The first-order chi connectivity index (χ1) is 10.1. The van der Waals surface area contributed by atoms with Gasteiger partial charge >= 0.3 is 0 Å². The monoisotopic (exact) mass is 284 g/mol. The fourth-order valence-electron chi connectivity index (χ4n) is 1.95. The predicted octanol–water partition coefficient (Wildman–Crippen LogP) is 3.18. The van der Waals surface area contributed by atoms with E-state index in [1.807, 2.05) is 50.2 Å². The second-order valence-electron chi connectivity index (χ2n) is 5.08. The Morgan fingerprint density at radius 2 is 1.81 bits per heavy atom. The van der Waals surface area contributed by atoms with Crippen LogP contribution < -0.4 is 15.8 Å². The largest absolute Gasteiger partial charge is 0.489 e. The number of carbonyl (C=O) groups excluding carboxylic acids is 1. The smallest absolute Gasteiger partial charge is 0.248 e. The van der Waals surface area contributed by atoms with Gasteiger partial charge in [0.05, 0.1) is 11.8 Å². The molecule has 1 amide bonds. The lowest BCUT2D eigenvalue weighted by molar-refractivity contribution is 0.100. The Kier molecular flexibility index (Phi) is 4.82. The molecular formula is C17H20N2O2. The van der Waals surface area contributed by atoms with Gasteiger partial charge in [-0.25, -0.2) is 0 Å². The number of hydrogen-bond acceptors (Lipinski definition) is 3. The van der Waals surface area contributed by atoms with Gasteiger partial charge in [-0.1, -0.05) is 24.3 Å². The van der Waals surface area contributed by atoms with Gasteiger partial charge < -0.3 is 15.8 Å². The van der Waals surface area contributed by atoms with Crippen molar-refractivity contribution in [1.82, 2.24) is 0 Å². The number of para-hydroxylation sites is 2. The number of nitrogens with two attached hydrogens (primary N) is 1. The molecule has 2 aromatic rings. The standard InChI is InChI=1S/C17H20N2O2/c1-12(2)21-16-6-4-3-5-15(16)19-11-13-7-9-14(10-8-13)17(18)20/h3-10,12,19H,11H2,1-2H3,(H2,18,20). The molecule has 0 spiro atoms. The summed E-state index contributed by atoms with van der Waals surface area (Å²) in [5.74, 6) is 0.423. The molecule has 21 heavy (non-hydrogen) atoms. The highest BCUT2D eigenvalue weighted by atomic mass is 16.5. The minimum Gasteiger partial charge on any atom is -0.489 e. The molecule has 4 nitrogen and oxygen atoms in total. The van der Waals surface area contributed by atoms with E-state index >= 15 is 0 Å². The second kappa shape index (κ2) is 6.79. The first-order valence-electron chi connectivity index (χ1n) is 6.94. The molecule has 2 aromatic carbocycles. The van der Waals surface area contributed by atoms with E-state index in [4.69, 9.17) is 10.5 Å². The summed E-state index contributed by atoms with van der Waals surface area (Å²) in [6.07, 6.45) is 0.128. The van der Waals surface area contributed by atoms with Crippen molar-refractivity contribution < 1.29 is 9.53 Å². The average Bonchev–Trinajstić information content (AvgIpc) is 2.46. The molecule has 0 atom stereocenters. The van der Waals surface area contributed by atoms with Gasteiger partial charge in [0.25, 0.3) is 0 Å². The molecule has 0 fully saturated rings. The number of primary amides is 1. The number of hydrogen-bond donors (Lipinski definition) is 2. The molecule has 0 saturated carbocycles. The number of amides is 1. The zero-order chi connectivity index (χ0) is 15.2. The van der Waals surface area contributed by atoms with Gasteiger partial charge in [-0.2, -0.15) is 0 Å². The van der Waals surface area contributed by atoms with Gasteiger partial charge in [0, 0.05) is 12.1 Å². The summed E-state index contributed by atoms with van der Waals surface area (Å²) in [7, 11) is 0. The molecule has 4 heteroatoms. The topological polar surface area (TPSA) is 64.3 Å². The van der Waals surface area contributed by atoms with Crippen LogP contribution >= 0.6 is 0 Å². The molecule has 0 bridgehead atoms. The molecule has 2 rings (SSSR count). The van der Waals surface area contributed by atoms with Crippen molar-refractivity contribution in [3.63, 3.8) is 0 Å². The number of rotatable bonds is 6. The zero-order valence-corrected chi connectivity index (χ0v) is 12.3. The number of ether oxygens (including phenoxy) is 1. The number of carbonyl (C=O) groups is 1. The summed E-state index contributed by atoms with van der Waals surface area (Å²) in [4.78, 5) is 11.0. The minimum absolute atomic E-state index is 0.128. The SMILES string of the molecule is CC(C)Oc1ccccc1NCc1ccc(C(N)=O)cc1. The van der Waals surface area contributed by atoms with Crippen molar-refractivity contribution in [2.75, 3.05) is 5.32 Å². The van der Waals surface area contributed by atoms with E-state index in [0.717, 1.165) is 17.0 Å². The van der Waals surface area contributed by atoms with Crippen LogP contribution in [-0.4, -0.2) is 12.0 Å². The summed E-state index contributed by atoms with van der Waals surface area (Å²) in [5, 5.41) is 3.34. The minimum atomic E-state index is -0.412. The predicted molar refractivity (Wildman–Crippen MR) is 84.5 cm³/mol. The van der Waals surface area contributed by atoms with Gasteiger partial charge in [-0.15, -0.1) is 0 Å². The van der Waals surface area contributed by atoms with E-state index in [1.54, 1.807) is 12.1 Å². The van der Waals surface area contributed by atoms with Gasteiger partial charge in [0.2, 0.25) is 5.91 Å². The molecule has 0 saturated heterocycles. The normalized spacial score (nSPS) is 10.4. The van der Waals surface area contributed by atoms with Gasteiger partial charge in [0.15, 0.2) is 0 Å². The molecule has 0 heterocycles. The highest BCUT2D eigenvalue weighted by Gasteiger charge is 2.05. The van der Waals surface area contributed by atoms with E-state index in [2.05, 4.69) is 5.32 Å². The van der Waals surface area contributed by atoms with Crippen molar-refractivity contribution in [3.8, 4) is 5.75 Å². The number of anilines is 1. The summed E-state index contributed by atoms with van der Waals surface area (Å²) < 4.78 is 5.76. The van der Waals surface area contributed by atoms with Crippen molar-refractivity contribution in [1.29, 1.82) is 0 Å². The van der Waals surface area contributed by atoms with Crippen LogP contribution in [-0.2, 0) is 6.54 Å².